The van der Waals surface area contributed by atoms with Crippen LogP contribution in [0.1, 0.15) is 5.56 Å². The molecule has 0 saturated heterocycles. The molecule has 0 aliphatic rings. The smallest absolute Gasteiger partial charge is 0.184 e. The Morgan fingerprint density at radius 1 is 1.61 bits per heavy atom. The van der Waals surface area contributed by atoms with Crippen LogP contribution in [0.5, 0.6) is 11.5 Å². The molecule has 3 N–H and O–H groups in total. The van der Waals surface area contributed by atoms with E-state index in [4.69, 9.17) is 20.5 Å². The highest BCUT2D eigenvalue weighted by molar-refractivity contribution is 7.80. The molecule has 1 rings (SSSR count). The van der Waals surface area contributed by atoms with Crippen molar-refractivity contribution in [3.05, 3.63) is 23.8 Å². The molecule has 0 heterocycles. The molecule has 0 aromatic heterocycles. The number of hydrazone groups is 1. The summed E-state index contributed by atoms with van der Waals surface area (Å²) in [6, 6.07) is 7.06. The lowest BCUT2D eigenvalue weighted by Gasteiger charge is -2.08. The van der Waals surface area contributed by atoms with E-state index in [9.17, 15) is 0 Å². The minimum atomic E-state index is -0.0349. The van der Waals surface area contributed by atoms with Gasteiger partial charge in [-0.05, 0) is 36.0 Å². The Morgan fingerprint density at radius 2 is 2.39 bits per heavy atom. The number of nitriles is 1. The summed E-state index contributed by atoms with van der Waals surface area (Å²) in [5, 5.41) is 12.4. The first kappa shape index (κ1) is 13.7. The first-order valence-corrected chi connectivity index (χ1v) is 5.34. The minimum Gasteiger partial charge on any atom is -0.493 e. The maximum Gasteiger partial charge on any atom is 0.184 e. The quantitative estimate of drug-likeness (QED) is 0.463. The van der Waals surface area contributed by atoms with E-state index in [1.807, 2.05) is 6.07 Å². The Hall–Kier alpha value is -2.33. The third-order valence-electron chi connectivity index (χ3n) is 1.87. The summed E-state index contributed by atoms with van der Waals surface area (Å²) in [7, 11) is 1.52. The number of thiocarbonyl (C=S) groups is 1. The molecule has 94 valence electrons. The van der Waals surface area contributed by atoms with Gasteiger partial charge < -0.3 is 15.2 Å². The van der Waals surface area contributed by atoms with Gasteiger partial charge >= 0.3 is 0 Å². The van der Waals surface area contributed by atoms with Crippen LogP contribution in [0.2, 0.25) is 0 Å². The molecule has 18 heavy (non-hydrogen) atoms. The average molecular weight is 264 g/mol. The summed E-state index contributed by atoms with van der Waals surface area (Å²) in [6.45, 7) is -0.0349. The van der Waals surface area contributed by atoms with Crippen LogP contribution in [0.3, 0.4) is 0 Å². The van der Waals surface area contributed by atoms with Gasteiger partial charge in [-0.2, -0.15) is 10.4 Å². The van der Waals surface area contributed by atoms with Crippen LogP contribution in [0.4, 0.5) is 0 Å². The topological polar surface area (TPSA) is 92.7 Å². The minimum absolute atomic E-state index is 0.0349. The zero-order chi connectivity index (χ0) is 13.4. The van der Waals surface area contributed by atoms with E-state index >= 15 is 0 Å². The monoisotopic (exact) mass is 264 g/mol. The molecule has 1 aromatic rings. The Kier molecular flexibility index (Phi) is 5.41. The van der Waals surface area contributed by atoms with Crippen molar-refractivity contribution in [3.63, 3.8) is 0 Å². The summed E-state index contributed by atoms with van der Waals surface area (Å²) in [4.78, 5) is 0. The van der Waals surface area contributed by atoms with Crippen LogP contribution < -0.4 is 20.6 Å². The SMILES string of the molecule is COc1cc(/C=N/NC(N)=S)ccc1OCC#N. The molecule has 0 spiro atoms. The zero-order valence-corrected chi connectivity index (χ0v) is 10.5. The van der Waals surface area contributed by atoms with Gasteiger partial charge in [-0.3, -0.25) is 5.43 Å². The Bertz CT molecular complexity index is 496. The highest BCUT2D eigenvalue weighted by Crippen LogP contribution is 2.27. The fourth-order valence-electron chi connectivity index (χ4n) is 1.16. The van der Waals surface area contributed by atoms with Crippen molar-refractivity contribution in [2.24, 2.45) is 10.8 Å². The molecule has 0 aliphatic carbocycles. The summed E-state index contributed by atoms with van der Waals surface area (Å²) in [5.74, 6) is 1.02. The molecular formula is C11H12N4O2S. The van der Waals surface area contributed by atoms with E-state index in [0.717, 1.165) is 5.56 Å². The van der Waals surface area contributed by atoms with Crippen molar-refractivity contribution < 1.29 is 9.47 Å². The summed E-state index contributed by atoms with van der Waals surface area (Å²) in [6.07, 6.45) is 1.54. The third kappa shape index (κ3) is 4.27. The van der Waals surface area contributed by atoms with Crippen molar-refractivity contribution in [1.29, 1.82) is 5.26 Å². The van der Waals surface area contributed by atoms with Crippen molar-refractivity contribution in [2.45, 2.75) is 0 Å². The van der Waals surface area contributed by atoms with Gasteiger partial charge in [0, 0.05) is 0 Å². The molecule has 0 amide bonds. The third-order valence-corrected chi connectivity index (χ3v) is 1.96. The van der Waals surface area contributed by atoms with E-state index in [0.29, 0.717) is 11.5 Å². The molecule has 0 fully saturated rings. The van der Waals surface area contributed by atoms with Crippen LogP contribution in [-0.4, -0.2) is 25.0 Å². The summed E-state index contributed by atoms with van der Waals surface area (Å²) < 4.78 is 10.3. The van der Waals surface area contributed by atoms with Gasteiger partial charge in [0.1, 0.15) is 6.07 Å². The van der Waals surface area contributed by atoms with Gasteiger partial charge in [0.05, 0.1) is 13.3 Å². The van der Waals surface area contributed by atoms with E-state index in [-0.39, 0.29) is 11.7 Å². The van der Waals surface area contributed by atoms with Gasteiger partial charge in [0.25, 0.3) is 0 Å². The Balaban J connectivity index is 2.81. The fourth-order valence-corrected chi connectivity index (χ4v) is 1.22. The molecule has 0 atom stereocenters. The number of nitrogens with zero attached hydrogens (tertiary/aromatic N) is 2. The molecule has 7 heteroatoms. The highest BCUT2D eigenvalue weighted by Gasteiger charge is 2.04. The molecule has 6 nitrogen and oxygen atoms in total. The van der Waals surface area contributed by atoms with Gasteiger partial charge in [0.2, 0.25) is 0 Å². The predicted molar refractivity (Wildman–Crippen MR) is 71.6 cm³/mol. The number of hydrogen-bond donors (Lipinski definition) is 2. The number of rotatable bonds is 5. The Labute approximate surface area is 110 Å². The summed E-state index contributed by atoms with van der Waals surface area (Å²) in [5.41, 5.74) is 8.44. The first-order chi connectivity index (χ1) is 8.67. The lowest BCUT2D eigenvalue weighted by atomic mass is 10.2. The van der Waals surface area contributed by atoms with E-state index < -0.39 is 0 Å². The molecule has 0 radical (unpaired) electrons. The number of benzene rings is 1. The molecular weight excluding hydrogens is 252 g/mol. The van der Waals surface area contributed by atoms with Crippen molar-refractivity contribution in [3.8, 4) is 17.6 Å². The number of methoxy groups -OCH3 is 1. The number of nitrogens with one attached hydrogen (secondary N) is 1. The molecule has 0 aliphatic heterocycles. The summed E-state index contributed by atoms with van der Waals surface area (Å²) >= 11 is 4.61. The Morgan fingerprint density at radius 3 is 3.00 bits per heavy atom. The van der Waals surface area contributed by atoms with Crippen molar-refractivity contribution in [2.75, 3.05) is 13.7 Å². The van der Waals surface area contributed by atoms with Gasteiger partial charge in [-0.25, -0.2) is 0 Å². The standard InChI is InChI=1S/C11H12N4O2S/c1-16-10-6-8(7-14-15-11(13)18)2-3-9(10)17-5-4-12/h2-3,6-7H,5H2,1H3,(H3,13,15,18)/b14-7+. The number of ether oxygens (including phenoxy) is 2. The second-order valence-electron chi connectivity index (χ2n) is 3.09. The zero-order valence-electron chi connectivity index (χ0n) is 9.71. The molecule has 1 aromatic carbocycles. The lowest BCUT2D eigenvalue weighted by molar-refractivity contribution is 0.329. The highest BCUT2D eigenvalue weighted by atomic mass is 32.1. The van der Waals surface area contributed by atoms with Crippen LogP contribution in [0.15, 0.2) is 23.3 Å². The van der Waals surface area contributed by atoms with Crippen molar-refractivity contribution >= 4 is 23.5 Å². The van der Waals surface area contributed by atoms with Crippen LogP contribution >= 0.6 is 12.2 Å². The largest absolute Gasteiger partial charge is 0.493 e. The van der Waals surface area contributed by atoms with Crippen LogP contribution in [-0.2, 0) is 0 Å². The second kappa shape index (κ2) is 7.09. The molecule has 0 saturated carbocycles. The van der Waals surface area contributed by atoms with E-state index in [1.165, 1.54) is 13.3 Å². The second-order valence-corrected chi connectivity index (χ2v) is 3.53. The van der Waals surface area contributed by atoms with Crippen molar-refractivity contribution in [1.82, 2.24) is 5.43 Å². The maximum atomic E-state index is 8.44. The van der Waals surface area contributed by atoms with Gasteiger partial charge in [0.15, 0.2) is 23.2 Å². The van der Waals surface area contributed by atoms with E-state index in [1.54, 1.807) is 18.2 Å². The van der Waals surface area contributed by atoms with Gasteiger partial charge in [-0.15, -0.1) is 0 Å². The van der Waals surface area contributed by atoms with Crippen LogP contribution in [0.25, 0.3) is 0 Å². The number of nitrogens with two attached hydrogens (primary N) is 1. The first-order valence-electron chi connectivity index (χ1n) is 4.93. The molecule has 0 bridgehead atoms. The normalized spacial score (nSPS) is 9.78. The average Bonchev–Trinajstić information content (AvgIpc) is 2.36. The maximum absolute atomic E-state index is 8.44. The van der Waals surface area contributed by atoms with Gasteiger partial charge in [-0.1, -0.05) is 0 Å². The number of hydrogen-bond acceptors (Lipinski definition) is 5. The fraction of sp³-hybridized carbons (Fsp3) is 0.182. The van der Waals surface area contributed by atoms with Crippen LogP contribution in [0, 0.1) is 11.3 Å². The van der Waals surface area contributed by atoms with E-state index in [2.05, 4.69) is 22.7 Å². The predicted octanol–water partition coefficient (Wildman–Crippen LogP) is 0.765. The lowest BCUT2D eigenvalue weighted by Crippen LogP contribution is -2.23. The molecule has 0 unspecified atom stereocenters.